The van der Waals surface area contributed by atoms with E-state index in [2.05, 4.69) is 16.0 Å². The molecular weight excluding hydrogens is 556 g/mol. The fourth-order valence-corrected chi connectivity index (χ4v) is 4.94. The minimum Gasteiger partial charge on any atom is -0.432 e. The summed E-state index contributed by atoms with van der Waals surface area (Å²) in [6.45, 7) is 5.19. The van der Waals surface area contributed by atoms with E-state index in [4.69, 9.17) is 14.4 Å². The zero-order valence-electron chi connectivity index (χ0n) is 24.5. The van der Waals surface area contributed by atoms with Crippen molar-refractivity contribution in [2.75, 3.05) is 31.6 Å². The first-order chi connectivity index (χ1) is 20.8. The van der Waals surface area contributed by atoms with Crippen LogP contribution in [0, 0.1) is 0 Å². The number of hydrogen-bond donors (Lipinski definition) is 3. The molecule has 1 unspecified atom stereocenters. The summed E-state index contributed by atoms with van der Waals surface area (Å²) in [4.78, 5) is 71.6. The molecule has 1 aliphatic heterocycles. The van der Waals surface area contributed by atoms with Crippen molar-refractivity contribution in [2.45, 2.75) is 64.7 Å². The number of nitrogens with zero attached hydrogens (tertiary/aromatic N) is 1. The SMILES string of the molecule is CCCNC(=O)CCCC(=O)Nc1ccc2c(c1)C(COC(=O)ON1OCCCC1=O)c1cc(C(=O)NCCC)ccc1-2. The van der Waals surface area contributed by atoms with Crippen molar-refractivity contribution in [1.82, 2.24) is 15.9 Å². The number of amides is 4. The molecule has 230 valence electrons. The zero-order valence-corrected chi connectivity index (χ0v) is 24.5. The van der Waals surface area contributed by atoms with Crippen LogP contribution < -0.4 is 16.0 Å². The van der Waals surface area contributed by atoms with Gasteiger partial charge in [0.15, 0.2) is 0 Å². The molecule has 4 rings (SSSR count). The normalized spacial score (nSPS) is 15.3. The van der Waals surface area contributed by atoms with Crippen molar-refractivity contribution >= 4 is 35.5 Å². The second-order valence-electron chi connectivity index (χ2n) is 10.4. The molecule has 0 aromatic heterocycles. The average molecular weight is 595 g/mol. The van der Waals surface area contributed by atoms with Crippen LogP contribution in [0.25, 0.3) is 11.1 Å². The molecule has 2 aromatic carbocycles. The van der Waals surface area contributed by atoms with Gasteiger partial charge in [0.05, 0.1) is 6.61 Å². The van der Waals surface area contributed by atoms with Crippen LogP contribution in [0.1, 0.15) is 86.2 Å². The van der Waals surface area contributed by atoms with Gasteiger partial charge in [0.2, 0.25) is 11.8 Å². The van der Waals surface area contributed by atoms with Crippen LogP contribution >= 0.6 is 0 Å². The minimum atomic E-state index is -1.10. The van der Waals surface area contributed by atoms with E-state index in [0.717, 1.165) is 35.1 Å². The van der Waals surface area contributed by atoms with Gasteiger partial charge >= 0.3 is 6.16 Å². The van der Waals surface area contributed by atoms with Crippen LogP contribution in [-0.4, -0.2) is 61.3 Å². The predicted molar refractivity (Wildman–Crippen MR) is 157 cm³/mol. The van der Waals surface area contributed by atoms with Crippen LogP contribution in [0.3, 0.4) is 0 Å². The van der Waals surface area contributed by atoms with Crippen molar-refractivity contribution in [3.8, 4) is 11.1 Å². The Bertz CT molecular complexity index is 1360. The highest BCUT2D eigenvalue weighted by Gasteiger charge is 2.32. The Labute approximate surface area is 250 Å². The molecule has 1 heterocycles. The molecule has 1 fully saturated rings. The van der Waals surface area contributed by atoms with E-state index < -0.39 is 18.0 Å². The minimum absolute atomic E-state index is 0.0784. The summed E-state index contributed by atoms with van der Waals surface area (Å²) in [6.07, 6.45) is 2.14. The first-order valence-corrected chi connectivity index (χ1v) is 14.7. The molecule has 43 heavy (non-hydrogen) atoms. The number of benzene rings is 2. The molecule has 0 saturated carbocycles. The lowest BCUT2D eigenvalue weighted by Crippen LogP contribution is -2.37. The van der Waals surface area contributed by atoms with Crippen LogP contribution in [-0.2, 0) is 28.8 Å². The summed E-state index contributed by atoms with van der Waals surface area (Å²) in [5, 5.41) is 9.09. The van der Waals surface area contributed by atoms with Gasteiger partial charge in [-0.25, -0.2) is 9.63 Å². The van der Waals surface area contributed by atoms with E-state index >= 15 is 0 Å². The Hall–Kier alpha value is -4.45. The third kappa shape index (κ3) is 8.31. The highest BCUT2D eigenvalue weighted by molar-refractivity contribution is 5.96. The molecule has 3 N–H and O–H groups in total. The number of carbonyl (C=O) groups is 5. The first kappa shape index (κ1) is 31.5. The monoisotopic (exact) mass is 594 g/mol. The third-order valence-corrected chi connectivity index (χ3v) is 7.08. The Morgan fingerprint density at radius 1 is 0.930 bits per heavy atom. The number of hydroxylamine groups is 2. The summed E-state index contributed by atoms with van der Waals surface area (Å²) >= 11 is 0. The van der Waals surface area contributed by atoms with Crippen molar-refractivity contribution < 1.29 is 38.4 Å². The van der Waals surface area contributed by atoms with E-state index in [0.29, 0.717) is 42.4 Å². The molecule has 2 aliphatic rings. The smallest absolute Gasteiger partial charge is 0.432 e. The second kappa shape index (κ2) is 15.1. The summed E-state index contributed by atoms with van der Waals surface area (Å²) in [5.41, 5.74) is 4.33. The number of anilines is 1. The highest BCUT2D eigenvalue weighted by atomic mass is 17.0. The molecule has 0 radical (unpaired) electrons. The van der Waals surface area contributed by atoms with Crippen LogP contribution in [0.15, 0.2) is 36.4 Å². The number of rotatable bonds is 13. The lowest BCUT2D eigenvalue weighted by atomic mass is 9.96. The average Bonchev–Trinajstić information content (AvgIpc) is 3.30. The second-order valence-corrected chi connectivity index (χ2v) is 10.4. The quantitative estimate of drug-likeness (QED) is 0.292. The van der Waals surface area contributed by atoms with Crippen LogP contribution in [0.2, 0.25) is 0 Å². The van der Waals surface area contributed by atoms with E-state index in [1.54, 1.807) is 18.2 Å². The predicted octanol–water partition coefficient (Wildman–Crippen LogP) is 4.20. The Balaban J connectivity index is 1.49. The Kier molecular flexibility index (Phi) is 11.1. The third-order valence-electron chi connectivity index (χ3n) is 7.08. The van der Waals surface area contributed by atoms with Gasteiger partial charge in [0.1, 0.15) is 6.61 Å². The van der Waals surface area contributed by atoms with Gasteiger partial charge < -0.3 is 20.7 Å². The molecule has 0 spiro atoms. The maximum atomic E-state index is 12.7. The van der Waals surface area contributed by atoms with E-state index in [9.17, 15) is 24.0 Å². The number of nitrogens with one attached hydrogen (secondary N) is 3. The molecule has 1 atom stereocenters. The van der Waals surface area contributed by atoms with Crippen LogP contribution in [0.4, 0.5) is 10.5 Å². The maximum absolute atomic E-state index is 12.7. The van der Waals surface area contributed by atoms with E-state index in [-0.39, 0.29) is 50.2 Å². The highest BCUT2D eigenvalue weighted by Crippen LogP contribution is 2.46. The molecule has 4 amide bonds. The van der Waals surface area contributed by atoms with Crippen LogP contribution in [0.5, 0.6) is 0 Å². The van der Waals surface area contributed by atoms with Crippen molar-refractivity contribution in [3.05, 3.63) is 53.1 Å². The summed E-state index contributed by atoms with van der Waals surface area (Å²) in [7, 11) is 0. The van der Waals surface area contributed by atoms with Gasteiger partial charge in [0.25, 0.3) is 11.8 Å². The van der Waals surface area contributed by atoms with Crippen molar-refractivity contribution in [2.24, 2.45) is 0 Å². The van der Waals surface area contributed by atoms with E-state index in [1.165, 1.54) is 0 Å². The van der Waals surface area contributed by atoms with Crippen molar-refractivity contribution in [3.63, 3.8) is 0 Å². The topological polar surface area (TPSA) is 152 Å². The van der Waals surface area contributed by atoms with Gasteiger partial charge in [0, 0.05) is 49.5 Å². The summed E-state index contributed by atoms with van der Waals surface area (Å²) in [6, 6.07) is 10.9. The molecule has 0 bridgehead atoms. The maximum Gasteiger partial charge on any atom is 0.535 e. The van der Waals surface area contributed by atoms with Gasteiger partial charge in [-0.1, -0.05) is 26.0 Å². The summed E-state index contributed by atoms with van der Waals surface area (Å²) in [5.74, 6) is -1.48. The van der Waals surface area contributed by atoms with Gasteiger partial charge in [-0.15, -0.1) is 0 Å². The molecule has 12 nitrogen and oxygen atoms in total. The molecule has 2 aromatic rings. The molecular formula is C31H38N4O8. The van der Waals surface area contributed by atoms with Gasteiger partial charge in [-0.3, -0.25) is 24.0 Å². The standard InChI is InChI=1S/C31H38N4O8/c1-3-14-32-27(36)7-5-8-28(37)34-21-11-13-23-22-12-10-20(30(39)33-15-4-2)17-24(22)26(25(23)18-21)19-41-31(40)43-35-29(38)9-6-16-42-35/h10-13,17-18,26H,3-9,14-16,19H2,1-2H3,(H,32,36)(H,33,39)(H,34,37). The molecule has 1 aliphatic carbocycles. The Morgan fingerprint density at radius 2 is 1.63 bits per heavy atom. The Morgan fingerprint density at radius 3 is 2.37 bits per heavy atom. The number of ether oxygens (including phenoxy) is 1. The number of hydrogen-bond acceptors (Lipinski definition) is 8. The summed E-state index contributed by atoms with van der Waals surface area (Å²) < 4.78 is 5.42. The fraction of sp³-hybridized carbons (Fsp3) is 0.452. The number of carbonyl (C=O) groups excluding carboxylic acids is 5. The molecule has 12 heteroatoms. The molecule has 1 saturated heterocycles. The number of fused-ring (bicyclic) bond motifs is 3. The lowest BCUT2D eigenvalue weighted by Gasteiger charge is -2.23. The lowest BCUT2D eigenvalue weighted by molar-refractivity contribution is -0.326. The van der Waals surface area contributed by atoms with Gasteiger partial charge in [-0.05, 0) is 77.4 Å². The van der Waals surface area contributed by atoms with Crippen molar-refractivity contribution in [1.29, 1.82) is 0 Å². The largest absolute Gasteiger partial charge is 0.535 e. The van der Waals surface area contributed by atoms with Gasteiger partial charge in [-0.2, -0.15) is 0 Å². The van der Waals surface area contributed by atoms with E-state index in [1.807, 2.05) is 32.0 Å². The zero-order chi connectivity index (χ0) is 30.8. The first-order valence-electron chi connectivity index (χ1n) is 14.7. The fourth-order valence-electron chi connectivity index (χ4n) is 4.94.